The lowest BCUT2D eigenvalue weighted by Crippen LogP contribution is -2.34. The van der Waals surface area contributed by atoms with E-state index >= 15 is 0 Å². The van der Waals surface area contributed by atoms with Gasteiger partial charge in [0.1, 0.15) is 11.9 Å². The van der Waals surface area contributed by atoms with Crippen molar-refractivity contribution in [2.75, 3.05) is 27.1 Å². The Morgan fingerprint density at radius 2 is 1.75 bits per heavy atom. The molecule has 0 aromatic heterocycles. The summed E-state index contributed by atoms with van der Waals surface area (Å²) in [6.45, 7) is 3.62. The van der Waals surface area contributed by atoms with E-state index in [1.165, 1.54) is 0 Å². The third-order valence-electron chi connectivity index (χ3n) is 7.88. The van der Waals surface area contributed by atoms with Crippen LogP contribution in [0.5, 0.6) is 11.5 Å². The highest BCUT2D eigenvalue weighted by molar-refractivity contribution is 5.82. The summed E-state index contributed by atoms with van der Waals surface area (Å²) in [5.41, 5.74) is 6.05. The lowest BCUT2D eigenvalue weighted by molar-refractivity contribution is 0.0581. The van der Waals surface area contributed by atoms with Crippen LogP contribution < -0.4 is 9.47 Å². The molecule has 0 saturated carbocycles. The Balaban J connectivity index is 1.45. The van der Waals surface area contributed by atoms with Gasteiger partial charge in [0, 0.05) is 36.9 Å². The van der Waals surface area contributed by atoms with Gasteiger partial charge in [-0.2, -0.15) is 0 Å². The van der Waals surface area contributed by atoms with Crippen molar-refractivity contribution in [3.05, 3.63) is 99.2 Å². The van der Waals surface area contributed by atoms with Gasteiger partial charge in [-0.1, -0.05) is 32.3 Å². The van der Waals surface area contributed by atoms with Crippen molar-refractivity contribution in [2.24, 2.45) is 0 Å². The Morgan fingerprint density at radius 3 is 2.50 bits per heavy atom. The molecule has 5 nitrogen and oxygen atoms in total. The SMILES string of the molecule is CCCCCCOC1C(OC)=CC=C2C1=CN1CCc3cc4c(cc3C1=C2Cc1cc(F)c(F)c(F)c1)OCO4. The monoisotopic (exact) mass is 551 g/mol. The number of nitrogens with zero attached hydrogens (tertiary/aromatic N) is 1. The third kappa shape index (κ3) is 4.79. The van der Waals surface area contributed by atoms with Gasteiger partial charge in [0.2, 0.25) is 6.79 Å². The van der Waals surface area contributed by atoms with E-state index in [0.717, 1.165) is 77.8 Å². The van der Waals surface area contributed by atoms with Gasteiger partial charge in [-0.3, -0.25) is 0 Å². The van der Waals surface area contributed by atoms with Crippen LogP contribution in [-0.2, 0) is 22.3 Å². The number of ether oxygens (including phenoxy) is 4. The van der Waals surface area contributed by atoms with Gasteiger partial charge in [-0.25, -0.2) is 13.2 Å². The zero-order chi connectivity index (χ0) is 27.8. The van der Waals surface area contributed by atoms with Crippen molar-refractivity contribution in [2.45, 2.75) is 51.6 Å². The zero-order valence-corrected chi connectivity index (χ0v) is 22.7. The van der Waals surface area contributed by atoms with Crippen molar-refractivity contribution < 1.29 is 32.1 Å². The average Bonchev–Trinajstić information content (AvgIpc) is 3.41. The van der Waals surface area contributed by atoms with Crippen molar-refractivity contribution in [3.63, 3.8) is 0 Å². The van der Waals surface area contributed by atoms with Crippen LogP contribution in [-0.4, -0.2) is 38.1 Å². The van der Waals surface area contributed by atoms with Crippen LogP contribution in [0, 0.1) is 17.5 Å². The Bertz CT molecular complexity index is 1440. The normalized spacial score (nSPS) is 19.0. The molecule has 1 atom stereocenters. The van der Waals surface area contributed by atoms with E-state index in [0.29, 0.717) is 36.0 Å². The molecule has 3 aliphatic heterocycles. The van der Waals surface area contributed by atoms with Crippen LogP contribution in [0.15, 0.2) is 65.1 Å². The number of rotatable bonds is 9. The van der Waals surface area contributed by atoms with Gasteiger partial charge in [-0.05, 0) is 65.5 Å². The molecule has 0 amide bonds. The summed E-state index contributed by atoms with van der Waals surface area (Å²) < 4.78 is 65.8. The van der Waals surface area contributed by atoms with Crippen LogP contribution in [0.3, 0.4) is 0 Å². The molecule has 2 aromatic rings. The first kappa shape index (κ1) is 26.6. The minimum atomic E-state index is -1.47. The van der Waals surface area contributed by atoms with Crippen molar-refractivity contribution >= 4 is 5.70 Å². The molecule has 210 valence electrons. The van der Waals surface area contributed by atoms with Gasteiger partial charge in [0.05, 0.1) is 12.8 Å². The summed E-state index contributed by atoms with van der Waals surface area (Å²) >= 11 is 0. The third-order valence-corrected chi connectivity index (χ3v) is 7.88. The van der Waals surface area contributed by atoms with Crippen molar-refractivity contribution in [3.8, 4) is 11.5 Å². The second-order valence-electron chi connectivity index (χ2n) is 10.4. The van der Waals surface area contributed by atoms with Crippen LogP contribution in [0.4, 0.5) is 13.2 Å². The maximum Gasteiger partial charge on any atom is 0.231 e. The molecule has 2 aromatic carbocycles. The molecule has 1 aliphatic carbocycles. The Morgan fingerprint density at radius 1 is 0.975 bits per heavy atom. The smallest absolute Gasteiger partial charge is 0.231 e. The first-order chi connectivity index (χ1) is 19.5. The molecule has 40 heavy (non-hydrogen) atoms. The Hall–Kier alpha value is -3.65. The van der Waals surface area contributed by atoms with Crippen LogP contribution in [0.1, 0.15) is 49.3 Å². The number of hydrogen-bond donors (Lipinski definition) is 0. The van der Waals surface area contributed by atoms with Gasteiger partial charge < -0.3 is 23.8 Å². The topological polar surface area (TPSA) is 40.2 Å². The van der Waals surface area contributed by atoms with Gasteiger partial charge >= 0.3 is 0 Å². The molecule has 3 heterocycles. The lowest BCUT2D eigenvalue weighted by Gasteiger charge is -2.40. The molecule has 1 unspecified atom stereocenters. The summed E-state index contributed by atoms with van der Waals surface area (Å²) in [7, 11) is 1.63. The molecule has 0 spiro atoms. The van der Waals surface area contributed by atoms with Crippen LogP contribution >= 0.6 is 0 Å². The van der Waals surface area contributed by atoms with Gasteiger partial charge in [0.15, 0.2) is 29.0 Å². The summed E-state index contributed by atoms with van der Waals surface area (Å²) in [4.78, 5) is 2.18. The summed E-state index contributed by atoms with van der Waals surface area (Å²) in [6.07, 6.45) is 10.9. The first-order valence-corrected chi connectivity index (χ1v) is 13.8. The fourth-order valence-electron chi connectivity index (χ4n) is 5.91. The molecular formula is C32H32F3NO4. The summed E-state index contributed by atoms with van der Waals surface area (Å²) in [5, 5.41) is 0. The van der Waals surface area contributed by atoms with Gasteiger partial charge in [-0.15, -0.1) is 0 Å². The molecule has 0 saturated heterocycles. The Kier molecular flexibility index (Phi) is 7.36. The molecule has 4 aliphatic rings. The lowest BCUT2D eigenvalue weighted by atomic mass is 9.79. The van der Waals surface area contributed by atoms with E-state index in [2.05, 4.69) is 18.0 Å². The molecule has 0 radical (unpaired) electrons. The van der Waals surface area contributed by atoms with E-state index in [1.807, 2.05) is 24.3 Å². The number of allylic oxidation sites excluding steroid dienone is 3. The summed E-state index contributed by atoms with van der Waals surface area (Å²) in [6, 6.07) is 6.13. The predicted octanol–water partition coefficient (Wildman–Crippen LogP) is 6.98. The van der Waals surface area contributed by atoms with Crippen molar-refractivity contribution in [1.29, 1.82) is 0 Å². The highest BCUT2D eigenvalue weighted by atomic mass is 19.2. The fraction of sp³-hybridized carbons (Fsp3) is 0.375. The highest BCUT2D eigenvalue weighted by Gasteiger charge is 2.37. The molecule has 8 heteroatoms. The number of benzene rings is 2. The second kappa shape index (κ2) is 11.1. The first-order valence-electron chi connectivity index (χ1n) is 13.8. The molecule has 0 bridgehead atoms. The maximum atomic E-state index is 14.3. The maximum absolute atomic E-state index is 14.3. The standard InChI is InChI=1S/C32H32F3NO4/c1-3-4-5-6-11-38-32-24-17-36-10-9-20-15-28-29(40-18-39-28)16-22(20)31(36)23(21(24)7-8-27(32)37-2)12-19-13-25(33)30(35)26(34)14-19/h7-8,13-17,32H,3-6,9-12,18H2,1-2H3. The van der Waals surface area contributed by atoms with Gasteiger partial charge in [0.25, 0.3) is 0 Å². The molecule has 0 N–H and O–H groups in total. The molecular weight excluding hydrogens is 519 g/mol. The number of hydrogen-bond acceptors (Lipinski definition) is 5. The molecule has 6 rings (SSSR count). The average molecular weight is 552 g/mol. The van der Waals surface area contributed by atoms with Crippen LogP contribution in [0.25, 0.3) is 5.70 Å². The number of fused-ring (bicyclic) bond motifs is 5. The molecule has 0 fully saturated rings. The number of halogens is 3. The van der Waals surface area contributed by atoms with E-state index in [4.69, 9.17) is 18.9 Å². The predicted molar refractivity (Wildman–Crippen MR) is 145 cm³/mol. The van der Waals surface area contributed by atoms with Crippen molar-refractivity contribution in [1.82, 2.24) is 4.90 Å². The number of unbranched alkanes of at least 4 members (excludes halogenated alkanes) is 3. The van der Waals surface area contributed by atoms with Crippen LogP contribution in [0.2, 0.25) is 0 Å². The quantitative estimate of drug-likeness (QED) is 0.249. The van der Waals surface area contributed by atoms with E-state index in [-0.39, 0.29) is 13.2 Å². The fourth-order valence-corrected chi connectivity index (χ4v) is 5.91. The minimum Gasteiger partial charge on any atom is -0.498 e. The van der Waals surface area contributed by atoms with E-state index in [1.54, 1.807) is 7.11 Å². The van der Waals surface area contributed by atoms with E-state index in [9.17, 15) is 13.2 Å². The number of methoxy groups -OCH3 is 1. The zero-order valence-electron chi connectivity index (χ0n) is 22.7. The largest absolute Gasteiger partial charge is 0.498 e. The van der Waals surface area contributed by atoms with E-state index < -0.39 is 23.6 Å². The minimum absolute atomic E-state index is 0.166. The Labute approximate surface area is 232 Å². The second-order valence-corrected chi connectivity index (χ2v) is 10.4. The highest BCUT2D eigenvalue weighted by Crippen LogP contribution is 2.47. The summed E-state index contributed by atoms with van der Waals surface area (Å²) in [5.74, 6) is -1.80.